The highest BCUT2D eigenvalue weighted by Crippen LogP contribution is 2.41. The minimum Gasteiger partial charge on any atom is -0.376 e. The topological polar surface area (TPSA) is 96.4 Å². The van der Waals surface area contributed by atoms with Gasteiger partial charge in [-0.1, -0.05) is 0 Å². The number of aromatic nitrogens is 1. The van der Waals surface area contributed by atoms with Gasteiger partial charge in [0, 0.05) is 18.2 Å². The zero-order valence-electron chi connectivity index (χ0n) is 17.1. The molecule has 0 spiro atoms. The van der Waals surface area contributed by atoms with Gasteiger partial charge in [-0.25, -0.2) is 21.6 Å². The third kappa shape index (κ3) is 5.63. The Labute approximate surface area is 187 Å². The lowest BCUT2D eigenvalue weighted by Gasteiger charge is -2.24. The number of halogens is 8. The number of aryl methyl sites for hydroxylation is 1. The minimum absolute atomic E-state index is 0.197. The molecule has 0 aliphatic rings. The molecule has 2 N–H and O–H groups in total. The van der Waals surface area contributed by atoms with Gasteiger partial charge in [0.1, 0.15) is 23.5 Å². The largest absolute Gasteiger partial charge is 0.453 e. The third-order valence-corrected chi connectivity index (χ3v) is 6.70. The summed E-state index contributed by atoms with van der Waals surface area (Å²) in [6.07, 6.45) is -7.72. The van der Waals surface area contributed by atoms with Crippen LogP contribution >= 0.6 is 0 Å². The Morgan fingerprint density at radius 2 is 1.71 bits per heavy atom. The number of aliphatic hydroxyl groups is 1. The zero-order chi connectivity index (χ0) is 26.1. The van der Waals surface area contributed by atoms with Crippen molar-refractivity contribution in [3.63, 3.8) is 0 Å². The van der Waals surface area contributed by atoms with Crippen LogP contribution < -0.4 is 5.32 Å². The fourth-order valence-corrected chi connectivity index (χ4v) is 4.95. The van der Waals surface area contributed by atoms with Gasteiger partial charge < -0.3 is 10.4 Å². The van der Waals surface area contributed by atoms with Gasteiger partial charge in [0.25, 0.3) is 5.91 Å². The summed E-state index contributed by atoms with van der Waals surface area (Å²) in [6.45, 7) is 0.333. The third-order valence-electron chi connectivity index (χ3n) is 4.72. The van der Waals surface area contributed by atoms with E-state index in [1.54, 1.807) is 0 Å². The maximum atomic E-state index is 14.5. The first-order valence-corrected chi connectivity index (χ1v) is 10.9. The van der Waals surface area contributed by atoms with Gasteiger partial charge in [-0.05, 0) is 36.2 Å². The van der Waals surface area contributed by atoms with Crippen LogP contribution in [0.2, 0.25) is 0 Å². The van der Waals surface area contributed by atoms with Crippen LogP contribution in [0.25, 0.3) is 0 Å². The molecule has 188 valence electrons. The Kier molecular flexibility index (Phi) is 7.92. The molecule has 2 aromatic rings. The van der Waals surface area contributed by atoms with E-state index in [-0.39, 0.29) is 5.56 Å². The molecule has 1 unspecified atom stereocenters. The molecule has 2 rings (SSSR count). The fourth-order valence-electron chi connectivity index (χ4n) is 2.97. The van der Waals surface area contributed by atoms with E-state index in [9.17, 15) is 48.3 Å². The van der Waals surface area contributed by atoms with Crippen LogP contribution in [-0.2, 0) is 9.84 Å². The predicted molar refractivity (Wildman–Crippen MR) is 101 cm³/mol. The summed E-state index contributed by atoms with van der Waals surface area (Å²) < 4.78 is 133. The molecule has 1 heterocycles. The molecule has 0 bridgehead atoms. The number of benzene rings is 1. The molecular weight excluding hydrogens is 504 g/mol. The van der Waals surface area contributed by atoms with Crippen LogP contribution in [-0.4, -0.2) is 49.0 Å². The molecule has 1 amide bonds. The van der Waals surface area contributed by atoms with E-state index in [4.69, 9.17) is 5.11 Å². The Balaban J connectivity index is 2.68. The van der Waals surface area contributed by atoms with Crippen molar-refractivity contribution in [3.05, 3.63) is 64.2 Å². The zero-order valence-corrected chi connectivity index (χ0v) is 17.9. The van der Waals surface area contributed by atoms with E-state index < -0.39 is 86.3 Å². The molecule has 1 aromatic heterocycles. The molecule has 0 saturated carbocycles. The van der Waals surface area contributed by atoms with Gasteiger partial charge >= 0.3 is 12.1 Å². The van der Waals surface area contributed by atoms with Crippen LogP contribution in [0, 0.1) is 24.4 Å². The van der Waals surface area contributed by atoms with E-state index in [1.807, 2.05) is 5.32 Å². The van der Waals surface area contributed by atoms with Crippen LogP contribution in [0.15, 0.2) is 24.4 Å². The second-order valence-electron chi connectivity index (χ2n) is 7.05. The van der Waals surface area contributed by atoms with E-state index in [1.165, 1.54) is 0 Å². The van der Waals surface area contributed by atoms with Gasteiger partial charge in [-0.15, -0.1) is 0 Å². The van der Waals surface area contributed by atoms with Crippen molar-refractivity contribution < 1.29 is 53.4 Å². The van der Waals surface area contributed by atoms with E-state index in [0.717, 1.165) is 13.0 Å². The lowest BCUT2D eigenvalue weighted by atomic mass is 10.00. The molecule has 0 aliphatic carbocycles. The van der Waals surface area contributed by atoms with Crippen LogP contribution in [0.5, 0.6) is 0 Å². The highest BCUT2D eigenvalue weighted by atomic mass is 32.2. The number of pyridine rings is 1. The first kappa shape index (κ1) is 27.4. The van der Waals surface area contributed by atoms with Crippen molar-refractivity contribution in [1.82, 2.24) is 10.3 Å². The maximum Gasteiger partial charge on any atom is 0.453 e. The average molecular weight is 520 g/mol. The SMILES string of the molecule is Cc1cc(C(=O)NCO)ncc1C(c1c(F)ccc(F)c1F)S(=O)(=O)CCC(F)(F)C(F)(F)F. The smallest absolute Gasteiger partial charge is 0.376 e. The van der Waals surface area contributed by atoms with Crippen molar-refractivity contribution in [2.24, 2.45) is 0 Å². The Morgan fingerprint density at radius 1 is 1.12 bits per heavy atom. The molecule has 0 radical (unpaired) electrons. The van der Waals surface area contributed by atoms with Crippen LogP contribution in [0.3, 0.4) is 0 Å². The Hall–Kier alpha value is -2.81. The second kappa shape index (κ2) is 9.82. The number of amides is 1. The van der Waals surface area contributed by atoms with Gasteiger partial charge in [0.2, 0.25) is 0 Å². The predicted octanol–water partition coefficient (Wildman–Crippen LogP) is 3.58. The standard InChI is InChI=1S/C19H16F8N2O4S/c1-9-6-13(17(31)29-8-30)28-7-10(9)16(14-11(20)2-3-12(21)15(14)22)34(32,33)5-4-18(23,24)19(25,26)27/h2-3,6-7,16,30H,4-5,8H2,1H3,(H,29,31). The number of carbonyl (C=O) groups is 1. The summed E-state index contributed by atoms with van der Waals surface area (Å²) in [6, 6.07) is 1.60. The molecule has 1 atom stereocenters. The monoisotopic (exact) mass is 520 g/mol. The lowest BCUT2D eigenvalue weighted by molar-refractivity contribution is -0.282. The molecule has 0 saturated heterocycles. The molecule has 15 heteroatoms. The van der Waals surface area contributed by atoms with Gasteiger partial charge in [0.05, 0.1) is 5.75 Å². The average Bonchev–Trinajstić information content (AvgIpc) is 2.72. The lowest BCUT2D eigenvalue weighted by Crippen LogP contribution is -2.38. The first-order chi connectivity index (χ1) is 15.5. The Morgan fingerprint density at radius 3 is 2.24 bits per heavy atom. The number of hydrogen-bond donors (Lipinski definition) is 2. The Bertz CT molecular complexity index is 1190. The van der Waals surface area contributed by atoms with E-state index in [2.05, 4.69) is 4.98 Å². The molecule has 6 nitrogen and oxygen atoms in total. The van der Waals surface area contributed by atoms with Crippen LogP contribution in [0.1, 0.15) is 38.8 Å². The minimum atomic E-state index is -6.09. The highest BCUT2D eigenvalue weighted by molar-refractivity contribution is 7.91. The molecular formula is C19H16F8N2O4S. The molecule has 1 aromatic carbocycles. The summed E-state index contributed by atoms with van der Waals surface area (Å²) in [4.78, 5) is 15.4. The van der Waals surface area contributed by atoms with Crippen molar-refractivity contribution >= 4 is 15.7 Å². The van der Waals surface area contributed by atoms with Crippen molar-refractivity contribution in [3.8, 4) is 0 Å². The normalized spacial score (nSPS) is 13.6. The van der Waals surface area contributed by atoms with Crippen molar-refractivity contribution in [1.29, 1.82) is 0 Å². The number of rotatable bonds is 8. The number of aliphatic hydroxyl groups excluding tert-OH is 1. The van der Waals surface area contributed by atoms with Crippen LogP contribution in [0.4, 0.5) is 35.1 Å². The van der Waals surface area contributed by atoms with Gasteiger partial charge in [-0.3, -0.25) is 9.78 Å². The number of nitrogens with zero attached hydrogens (tertiary/aromatic N) is 1. The number of alkyl halides is 5. The quantitative estimate of drug-likeness (QED) is 0.315. The summed E-state index contributed by atoms with van der Waals surface area (Å²) >= 11 is 0. The summed E-state index contributed by atoms with van der Waals surface area (Å²) in [7, 11) is -5.26. The first-order valence-electron chi connectivity index (χ1n) is 9.18. The van der Waals surface area contributed by atoms with E-state index in [0.29, 0.717) is 18.3 Å². The molecule has 0 fully saturated rings. The van der Waals surface area contributed by atoms with Gasteiger partial charge in [-0.2, -0.15) is 22.0 Å². The second-order valence-corrected chi connectivity index (χ2v) is 9.25. The van der Waals surface area contributed by atoms with Crippen molar-refractivity contribution in [2.45, 2.75) is 30.7 Å². The van der Waals surface area contributed by atoms with Crippen molar-refractivity contribution in [2.75, 3.05) is 12.5 Å². The summed E-state index contributed by atoms with van der Waals surface area (Å²) in [5.41, 5.74) is -2.64. The number of nitrogens with one attached hydrogen (secondary N) is 1. The summed E-state index contributed by atoms with van der Waals surface area (Å²) in [5.74, 6) is -13.6. The number of carbonyl (C=O) groups excluding carboxylic acids is 1. The number of hydrogen-bond acceptors (Lipinski definition) is 5. The highest BCUT2D eigenvalue weighted by Gasteiger charge is 2.57. The van der Waals surface area contributed by atoms with Gasteiger partial charge in [0.15, 0.2) is 21.5 Å². The van der Waals surface area contributed by atoms with E-state index >= 15 is 0 Å². The molecule has 34 heavy (non-hydrogen) atoms. The summed E-state index contributed by atoms with van der Waals surface area (Å²) in [5, 5.41) is 8.11. The number of sulfone groups is 1. The molecule has 0 aliphatic heterocycles. The fraction of sp³-hybridized carbons (Fsp3) is 0.368. The maximum absolute atomic E-state index is 14.5.